The highest BCUT2D eigenvalue weighted by atomic mass is 32.1. The van der Waals surface area contributed by atoms with Crippen LogP contribution in [-0.4, -0.2) is 19.1 Å². The molecule has 0 aliphatic rings. The summed E-state index contributed by atoms with van der Waals surface area (Å²) in [6.07, 6.45) is 0. The SMILES string of the molecule is COc1cccc(N(C)c2ccc(C(N)=S)c(F)c2F)c1. The molecule has 0 unspecified atom stereocenters. The van der Waals surface area contributed by atoms with Crippen LogP contribution in [0.15, 0.2) is 36.4 Å². The van der Waals surface area contributed by atoms with Crippen molar-refractivity contribution in [1.29, 1.82) is 0 Å². The number of benzene rings is 2. The van der Waals surface area contributed by atoms with E-state index in [2.05, 4.69) is 12.2 Å². The Labute approximate surface area is 126 Å². The summed E-state index contributed by atoms with van der Waals surface area (Å²) >= 11 is 4.69. The van der Waals surface area contributed by atoms with Gasteiger partial charge in [0, 0.05) is 24.4 Å². The monoisotopic (exact) mass is 308 g/mol. The van der Waals surface area contributed by atoms with Crippen molar-refractivity contribution in [3.8, 4) is 5.75 Å². The summed E-state index contributed by atoms with van der Waals surface area (Å²) in [5, 5.41) is 0. The second kappa shape index (κ2) is 6.05. The molecule has 0 amide bonds. The molecule has 0 saturated heterocycles. The molecule has 0 bridgehead atoms. The summed E-state index contributed by atoms with van der Waals surface area (Å²) in [6.45, 7) is 0. The van der Waals surface area contributed by atoms with Gasteiger partial charge >= 0.3 is 0 Å². The Morgan fingerprint density at radius 3 is 2.52 bits per heavy atom. The molecule has 0 atom stereocenters. The molecule has 110 valence electrons. The fraction of sp³-hybridized carbons (Fsp3) is 0.133. The van der Waals surface area contributed by atoms with Gasteiger partial charge in [-0.05, 0) is 24.3 Å². The molecule has 0 radical (unpaired) electrons. The predicted molar refractivity (Wildman–Crippen MR) is 83.3 cm³/mol. The number of nitrogens with two attached hydrogens (primary N) is 1. The molecule has 0 aliphatic heterocycles. The molecule has 0 aliphatic carbocycles. The standard InChI is InChI=1S/C15H14F2N2OS/c1-19(9-4-3-5-10(8-9)20-2)12-7-6-11(15(18)21)13(16)14(12)17/h3-8H,1-2H3,(H2,18,21). The highest BCUT2D eigenvalue weighted by molar-refractivity contribution is 7.80. The lowest BCUT2D eigenvalue weighted by atomic mass is 10.1. The molecule has 2 aromatic rings. The van der Waals surface area contributed by atoms with Crippen molar-refractivity contribution < 1.29 is 13.5 Å². The molecule has 6 heteroatoms. The molecule has 0 spiro atoms. The first-order valence-corrected chi connectivity index (χ1v) is 6.52. The van der Waals surface area contributed by atoms with Crippen molar-refractivity contribution in [1.82, 2.24) is 0 Å². The number of thiocarbonyl (C=S) groups is 1. The van der Waals surface area contributed by atoms with Gasteiger partial charge in [0.15, 0.2) is 11.6 Å². The Hall–Kier alpha value is -2.21. The minimum absolute atomic E-state index is 0.0840. The maximum Gasteiger partial charge on any atom is 0.183 e. The summed E-state index contributed by atoms with van der Waals surface area (Å²) in [4.78, 5) is 1.34. The van der Waals surface area contributed by atoms with Crippen LogP contribution in [0.1, 0.15) is 5.56 Å². The molecule has 0 saturated carbocycles. The minimum Gasteiger partial charge on any atom is -0.497 e. The average molecular weight is 308 g/mol. The maximum absolute atomic E-state index is 14.2. The van der Waals surface area contributed by atoms with Crippen LogP contribution >= 0.6 is 12.2 Å². The van der Waals surface area contributed by atoms with Crippen LogP contribution in [0.5, 0.6) is 5.75 Å². The van der Waals surface area contributed by atoms with E-state index in [1.54, 1.807) is 31.3 Å². The largest absolute Gasteiger partial charge is 0.497 e. The van der Waals surface area contributed by atoms with Crippen molar-refractivity contribution in [2.45, 2.75) is 0 Å². The van der Waals surface area contributed by atoms with Crippen LogP contribution in [0.2, 0.25) is 0 Å². The van der Waals surface area contributed by atoms with Gasteiger partial charge in [0.25, 0.3) is 0 Å². The number of rotatable bonds is 4. The average Bonchev–Trinajstić information content (AvgIpc) is 2.49. The minimum atomic E-state index is -1.05. The Morgan fingerprint density at radius 2 is 1.90 bits per heavy atom. The van der Waals surface area contributed by atoms with Gasteiger partial charge in [0.2, 0.25) is 0 Å². The van der Waals surface area contributed by atoms with E-state index in [1.165, 1.54) is 24.1 Å². The Kier molecular flexibility index (Phi) is 4.37. The van der Waals surface area contributed by atoms with Gasteiger partial charge in [-0.1, -0.05) is 18.3 Å². The van der Waals surface area contributed by atoms with Gasteiger partial charge in [0.05, 0.1) is 12.8 Å². The fourth-order valence-electron chi connectivity index (χ4n) is 1.95. The summed E-state index contributed by atoms with van der Waals surface area (Å²) in [5.74, 6) is -1.42. The Balaban J connectivity index is 2.46. The van der Waals surface area contributed by atoms with E-state index in [1.807, 2.05) is 0 Å². The summed E-state index contributed by atoms with van der Waals surface area (Å²) in [5.41, 5.74) is 5.99. The Bertz CT molecular complexity index is 691. The van der Waals surface area contributed by atoms with E-state index >= 15 is 0 Å². The van der Waals surface area contributed by atoms with Crippen molar-refractivity contribution in [3.05, 3.63) is 53.6 Å². The van der Waals surface area contributed by atoms with Crippen LogP contribution in [0, 0.1) is 11.6 Å². The molecule has 2 aromatic carbocycles. The van der Waals surface area contributed by atoms with Crippen LogP contribution in [-0.2, 0) is 0 Å². The highest BCUT2D eigenvalue weighted by Gasteiger charge is 2.18. The zero-order valence-electron chi connectivity index (χ0n) is 11.6. The lowest BCUT2D eigenvalue weighted by molar-refractivity contribution is 0.415. The number of nitrogens with zero attached hydrogens (tertiary/aromatic N) is 1. The van der Waals surface area contributed by atoms with Crippen molar-refractivity contribution in [2.24, 2.45) is 5.73 Å². The topological polar surface area (TPSA) is 38.5 Å². The zero-order chi connectivity index (χ0) is 15.6. The van der Waals surface area contributed by atoms with Crippen LogP contribution in [0.25, 0.3) is 0 Å². The number of anilines is 2. The van der Waals surface area contributed by atoms with E-state index < -0.39 is 11.6 Å². The normalized spacial score (nSPS) is 10.3. The number of hydrogen-bond acceptors (Lipinski definition) is 3. The van der Waals surface area contributed by atoms with E-state index in [0.717, 1.165) is 0 Å². The molecular weight excluding hydrogens is 294 g/mol. The third-order valence-corrected chi connectivity index (χ3v) is 3.35. The van der Waals surface area contributed by atoms with Gasteiger partial charge in [-0.3, -0.25) is 0 Å². The summed E-state index contributed by atoms with van der Waals surface area (Å²) < 4.78 is 33.2. The van der Waals surface area contributed by atoms with E-state index in [9.17, 15) is 8.78 Å². The summed E-state index contributed by atoms with van der Waals surface area (Å²) in [6, 6.07) is 9.83. The van der Waals surface area contributed by atoms with Crippen molar-refractivity contribution in [3.63, 3.8) is 0 Å². The number of hydrogen-bond donors (Lipinski definition) is 1. The van der Waals surface area contributed by atoms with Crippen LogP contribution < -0.4 is 15.4 Å². The number of methoxy groups -OCH3 is 1. The van der Waals surface area contributed by atoms with Gasteiger partial charge in [-0.25, -0.2) is 8.78 Å². The molecule has 0 fully saturated rings. The maximum atomic E-state index is 14.2. The molecule has 0 aromatic heterocycles. The zero-order valence-corrected chi connectivity index (χ0v) is 12.4. The van der Waals surface area contributed by atoms with E-state index in [-0.39, 0.29) is 16.2 Å². The first-order chi connectivity index (χ1) is 9.95. The Morgan fingerprint density at radius 1 is 1.19 bits per heavy atom. The van der Waals surface area contributed by atoms with E-state index in [0.29, 0.717) is 11.4 Å². The molecule has 2 rings (SSSR count). The first kappa shape index (κ1) is 15.2. The third-order valence-electron chi connectivity index (χ3n) is 3.13. The van der Waals surface area contributed by atoms with Crippen LogP contribution in [0.3, 0.4) is 0 Å². The van der Waals surface area contributed by atoms with Crippen molar-refractivity contribution in [2.75, 3.05) is 19.1 Å². The molecule has 21 heavy (non-hydrogen) atoms. The molecule has 0 heterocycles. The lowest BCUT2D eigenvalue weighted by Crippen LogP contribution is -2.16. The molecule has 2 N–H and O–H groups in total. The third kappa shape index (κ3) is 2.95. The second-order valence-corrected chi connectivity index (χ2v) is 4.82. The number of halogens is 2. The first-order valence-electron chi connectivity index (χ1n) is 6.11. The quantitative estimate of drug-likeness (QED) is 0.879. The van der Waals surface area contributed by atoms with Gasteiger partial charge in [-0.2, -0.15) is 0 Å². The summed E-state index contributed by atoms with van der Waals surface area (Å²) in [7, 11) is 3.17. The number of ether oxygens (including phenoxy) is 1. The second-order valence-electron chi connectivity index (χ2n) is 4.38. The molecular formula is C15H14F2N2OS. The van der Waals surface area contributed by atoms with E-state index in [4.69, 9.17) is 10.5 Å². The van der Waals surface area contributed by atoms with Gasteiger partial charge < -0.3 is 15.4 Å². The smallest absolute Gasteiger partial charge is 0.183 e. The van der Waals surface area contributed by atoms with Gasteiger partial charge in [0.1, 0.15) is 10.7 Å². The van der Waals surface area contributed by atoms with Gasteiger partial charge in [-0.15, -0.1) is 0 Å². The highest BCUT2D eigenvalue weighted by Crippen LogP contribution is 2.30. The van der Waals surface area contributed by atoms with Crippen molar-refractivity contribution >= 4 is 28.6 Å². The fourth-order valence-corrected chi connectivity index (χ4v) is 2.10. The predicted octanol–water partition coefficient (Wildman–Crippen LogP) is 3.38. The lowest BCUT2D eigenvalue weighted by Gasteiger charge is -2.21. The van der Waals surface area contributed by atoms with Crippen LogP contribution in [0.4, 0.5) is 20.2 Å². The molecule has 3 nitrogen and oxygen atoms in total.